The van der Waals surface area contributed by atoms with Gasteiger partial charge in [0.25, 0.3) is 0 Å². The molecule has 110 valence electrons. The van der Waals surface area contributed by atoms with E-state index in [4.69, 9.17) is 14.6 Å². The van der Waals surface area contributed by atoms with E-state index in [0.29, 0.717) is 0 Å². The van der Waals surface area contributed by atoms with Gasteiger partial charge >= 0.3 is 12.1 Å². The van der Waals surface area contributed by atoms with Crippen molar-refractivity contribution >= 4 is 20.4 Å². The highest BCUT2D eigenvalue weighted by Crippen LogP contribution is 2.38. The van der Waals surface area contributed by atoms with Crippen molar-refractivity contribution < 1.29 is 24.2 Å². The topological polar surface area (TPSA) is 87.1 Å². The first-order valence-corrected chi connectivity index (χ1v) is 9.26. The summed E-state index contributed by atoms with van der Waals surface area (Å²) in [5.74, 6) is -1.11. The number of amides is 1. The van der Waals surface area contributed by atoms with E-state index in [2.05, 4.69) is 33.9 Å². The average molecular weight is 289 g/mol. The van der Waals surface area contributed by atoms with E-state index < -0.39 is 26.4 Å². The average Bonchev–Trinajstić information content (AvgIpc) is 2.59. The number of hydrogen-bond donors (Lipinski definition) is 2. The number of hydrogen-bond acceptors (Lipinski definition) is 3. The van der Waals surface area contributed by atoms with Gasteiger partial charge in [0.15, 0.2) is 8.32 Å². The Morgan fingerprint density at radius 1 is 1.26 bits per heavy atom. The molecule has 0 aromatic carbocycles. The maximum Gasteiger partial charge on any atom is 0.408 e. The van der Waals surface area contributed by atoms with Crippen LogP contribution >= 0.6 is 0 Å². The zero-order valence-corrected chi connectivity index (χ0v) is 13.1. The third-order valence-electron chi connectivity index (χ3n) is 4.06. The van der Waals surface area contributed by atoms with Gasteiger partial charge in [0, 0.05) is 13.0 Å². The van der Waals surface area contributed by atoms with Gasteiger partial charge in [-0.3, -0.25) is 4.90 Å². The Labute approximate surface area is 114 Å². The third kappa shape index (κ3) is 3.47. The Balaban J connectivity index is 2.79. The highest BCUT2D eigenvalue weighted by Gasteiger charge is 2.45. The summed E-state index contributed by atoms with van der Waals surface area (Å²) in [7, 11) is -2.01. The van der Waals surface area contributed by atoms with Crippen LogP contribution in [0.5, 0.6) is 0 Å². The number of carbonyl (C=O) groups is 2. The van der Waals surface area contributed by atoms with E-state index in [0.717, 1.165) is 4.90 Å². The lowest BCUT2D eigenvalue weighted by molar-refractivity contribution is -0.141. The summed E-state index contributed by atoms with van der Waals surface area (Å²) < 4.78 is 6.09. The zero-order valence-electron chi connectivity index (χ0n) is 12.1. The number of rotatable bonds is 3. The molecule has 19 heavy (non-hydrogen) atoms. The second-order valence-electron chi connectivity index (χ2n) is 6.52. The Bertz CT molecular complexity index is 355. The summed E-state index contributed by atoms with van der Waals surface area (Å²) in [5, 5.41) is 18.1. The van der Waals surface area contributed by atoms with Crippen LogP contribution in [0.15, 0.2) is 0 Å². The molecule has 1 saturated heterocycles. The normalized spacial score (nSPS) is 24.6. The highest BCUT2D eigenvalue weighted by atomic mass is 28.4. The van der Waals surface area contributed by atoms with Crippen molar-refractivity contribution in [3.05, 3.63) is 0 Å². The minimum absolute atomic E-state index is 0.0162. The van der Waals surface area contributed by atoms with Gasteiger partial charge < -0.3 is 14.6 Å². The molecule has 0 aromatic rings. The minimum Gasteiger partial charge on any atom is -0.480 e. The van der Waals surface area contributed by atoms with Crippen LogP contribution in [0.25, 0.3) is 0 Å². The van der Waals surface area contributed by atoms with E-state index in [1.54, 1.807) is 0 Å². The van der Waals surface area contributed by atoms with Crippen LogP contribution in [-0.2, 0) is 9.22 Å². The molecule has 1 aliphatic rings. The summed E-state index contributed by atoms with van der Waals surface area (Å²) in [4.78, 5) is 23.1. The number of nitrogens with zero attached hydrogens (tertiary/aromatic N) is 1. The molecule has 0 aromatic heterocycles. The lowest BCUT2D eigenvalue weighted by Crippen LogP contribution is -2.44. The lowest BCUT2D eigenvalue weighted by Gasteiger charge is -2.38. The summed E-state index contributed by atoms with van der Waals surface area (Å²) in [5.41, 5.74) is 0. The quantitative estimate of drug-likeness (QED) is 0.778. The molecule has 1 rings (SSSR count). The first-order chi connectivity index (χ1) is 8.45. The van der Waals surface area contributed by atoms with Crippen molar-refractivity contribution in [1.82, 2.24) is 4.90 Å². The SMILES string of the molecule is CC(C)(C)[Si](C)(C)OC1CC(C(=O)O)N(C(=O)O)C1. The number of carboxylic acids is 1. The predicted octanol–water partition coefficient (Wildman–Crippen LogP) is 2.21. The van der Waals surface area contributed by atoms with E-state index in [1.807, 2.05) is 0 Å². The first-order valence-electron chi connectivity index (χ1n) is 6.36. The predicted molar refractivity (Wildman–Crippen MR) is 72.8 cm³/mol. The number of likely N-dealkylation sites (tertiary alicyclic amines) is 1. The maximum absolute atomic E-state index is 11.1. The fourth-order valence-electron chi connectivity index (χ4n) is 1.92. The third-order valence-corrected chi connectivity index (χ3v) is 8.60. The van der Waals surface area contributed by atoms with Crippen LogP contribution in [0.1, 0.15) is 27.2 Å². The second kappa shape index (κ2) is 5.13. The van der Waals surface area contributed by atoms with Crippen molar-refractivity contribution in [3.8, 4) is 0 Å². The van der Waals surface area contributed by atoms with Crippen LogP contribution in [-0.4, -0.2) is 54.2 Å². The Hall–Kier alpha value is -1.08. The van der Waals surface area contributed by atoms with Crippen molar-refractivity contribution in [1.29, 1.82) is 0 Å². The van der Waals surface area contributed by atoms with Gasteiger partial charge in [-0.1, -0.05) is 20.8 Å². The van der Waals surface area contributed by atoms with Crippen molar-refractivity contribution in [2.75, 3.05) is 6.54 Å². The molecule has 1 amide bonds. The summed E-state index contributed by atoms with van der Waals surface area (Å²) in [6, 6.07) is -0.993. The van der Waals surface area contributed by atoms with Gasteiger partial charge in [0.05, 0.1) is 6.10 Å². The minimum atomic E-state index is -2.01. The molecule has 2 N–H and O–H groups in total. The molecule has 2 unspecified atom stereocenters. The van der Waals surface area contributed by atoms with Crippen LogP contribution < -0.4 is 0 Å². The van der Waals surface area contributed by atoms with E-state index >= 15 is 0 Å². The van der Waals surface area contributed by atoms with Gasteiger partial charge in [0.1, 0.15) is 6.04 Å². The van der Waals surface area contributed by atoms with Crippen molar-refractivity contribution in [2.24, 2.45) is 0 Å². The monoisotopic (exact) mass is 289 g/mol. The Morgan fingerprint density at radius 2 is 1.79 bits per heavy atom. The molecule has 7 heteroatoms. The Kier molecular flexibility index (Phi) is 4.31. The van der Waals surface area contributed by atoms with Gasteiger partial charge in [-0.05, 0) is 18.1 Å². The molecular formula is C12H23NO5Si. The van der Waals surface area contributed by atoms with Gasteiger partial charge in [-0.15, -0.1) is 0 Å². The Morgan fingerprint density at radius 3 is 2.11 bits per heavy atom. The standard InChI is InChI=1S/C12H23NO5Si/c1-12(2,3)19(4,5)18-8-6-9(10(14)15)13(7-8)11(16)17/h8-9H,6-7H2,1-5H3,(H,14,15)(H,16,17). The summed E-state index contributed by atoms with van der Waals surface area (Å²) in [6.07, 6.45) is -1.29. The van der Waals surface area contributed by atoms with Crippen molar-refractivity contribution in [2.45, 2.75) is 57.5 Å². The highest BCUT2D eigenvalue weighted by molar-refractivity contribution is 6.74. The van der Waals surface area contributed by atoms with Crippen LogP contribution in [0.2, 0.25) is 18.1 Å². The zero-order chi connectivity index (χ0) is 15.0. The summed E-state index contributed by atoms with van der Waals surface area (Å²) >= 11 is 0. The molecule has 2 atom stereocenters. The molecule has 6 nitrogen and oxygen atoms in total. The van der Waals surface area contributed by atoms with Gasteiger partial charge in [0.2, 0.25) is 0 Å². The lowest BCUT2D eigenvalue weighted by atomic mass is 10.2. The molecule has 1 aliphatic heterocycles. The molecule has 0 aliphatic carbocycles. The number of aliphatic carboxylic acids is 1. The molecular weight excluding hydrogens is 266 g/mol. The maximum atomic E-state index is 11.1. The van der Waals surface area contributed by atoms with E-state index in [1.165, 1.54) is 0 Å². The fourth-order valence-corrected chi connectivity index (χ4v) is 3.28. The van der Waals surface area contributed by atoms with Crippen molar-refractivity contribution in [3.63, 3.8) is 0 Å². The summed E-state index contributed by atoms with van der Waals surface area (Å²) in [6.45, 7) is 10.6. The molecule has 0 spiro atoms. The van der Waals surface area contributed by atoms with Crippen LogP contribution in [0.4, 0.5) is 4.79 Å². The van der Waals surface area contributed by atoms with Gasteiger partial charge in [-0.25, -0.2) is 9.59 Å². The molecule has 0 saturated carbocycles. The number of carboxylic acid groups (broad SMARTS) is 2. The second-order valence-corrected chi connectivity index (χ2v) is 11.3. The van der Waals surface area contributed by atoms with E-state index in [9.17, 15) is 9.59 Å². The van der Waals surface area contributed by atoms with Gasteiger partial charge in [-0.2, -0.15) is 0 Å². The van der Waals surface area contributed by atoms with Crippen LogP contribution in [0, 0.1) is 0 Å². The largest absolute Gasteiger partial charge is 0.480 e. The molecule has 1 heterocycles. The van der Waals surface area contributed by atoms with E-state index in [-0.39, 0.29) is 24.1 Å². The molecule has 0 radical (unpaired) electrons. The molecule has 0 bridgehead atoms. The fraction of sp³-hybridized carbons (Fsp3) is 0.833. The van der Waals surface area contributed by atoms with Crippen LogP contribution in [0.3, 0.4) is 0 Å². The smallest absolute Gasteiger partial charge is 0.408 e. The molecule has 1 fully saturated rings. The first kappa shape index (κ1) is 16.0.